The van der Waals surface area contributed by atoms with Crippen LogP contribution >= 0.6 is 0 Å². The van der Waals surface area contributed by atoms with Gasteiger partial charge in [-0.05, 0) is 51.9 Å². The van der Waals surface area contributed by atoms with Crippen LogP contribution in [0.25, 0.3) is 0 Å². The van der Waals surface area contributed by atoms with Crippen LogP contribution in [-0.4, -0.2) is 46.7 Å². The number of nitrogens with two attached hydrogens (primary N) is 1. The van der Waals surface area contributed by atoms with Crippen LogP contribution in [-0.2, 0) is 0 Å². The summed E-state index contributed by atoms with van der Waals surface area (Å²) < 4.78 is 0. The van der Waals surface area contributed by atoms with E-state index in [-0.39, 0.29) is 5.54 Å². The highest BCUT2D eigenvalue weighted by Crippen LogP contribution is 2.24. The molecular formula is C16H35BN2O2. The summed E-state index contributed by atoms with van der Waals surface area (Å²) in [5.41, 5.74) is 6.28. The first-order valence-electron chi connectivity index (χ1n) is 8.83. The van der Waals surface area contributed by atoms with Gasteiger partial charge in [-0.1, -0.05) is 32.6 Å². The lowest BCUT2D eigenvalue weighted by atomic mass is 9.82. The molecule has 0 aromatic heterocycles. The molecule has 1 aliphatic heterocycles. The van der Waals surface area contributed by atoms with Crippen molar-refractivity contribution < 1.29 is 10.0 Å². The van der Waals surface area contributed by atoms with Crippen molar-refractivity contribution >= 4 is 7.12 Å². The van der Waals surface area contributed by atoms with E-state index < -0.39 is 7.12 Å². The molecule has 2 atom stereocenters. The monoisotopic (exact) mass is 298 g/mol. The topological polar surface area (TPSA) is 69.7 Å². The zero-order valence-electron chi connectivity index (χ0n) is 14.1. The van der Waals surface area contributed by atoms with Gasteiger partial charge in [0.1, 0.15) is 0 Å². The molecular weight excluding hydrogens is 263 g/mol. The predicted octanol–water partition coefficient (Wildman–Crippen LogP) is 2.39. The maximum absolute atomic E-state index is 8.85. The van der Waals surface area contributed by atoms with Gasteiger partial charge in [0, 0.05) is 18.1 Å². The van der Waals surface area contributed by atoms with E-state index in [4.69, 9.17) is 15.8 Å². The van der Waals surface area contributed by atoms with Crippen LogP contribution in [0.3, 0.4) is 0 Å². The zero-order valence-corrected chi connectivity index (χ0v) is 14.1. The Bertz CT molecular complexity index is 275. The maximum Gasteiger partial charge on any atom is 0.451 e. The number of hydrogen-bond donors (Lipinski definition) is 3. The number of nitrogens with zero attached hydrogens (tertiary/aromatic N) is 1. The molecule has 1 unspecified atom stereocenters. The summed E-state index contributed by atoms with van der Waals surface area (Å²) in [6.07, 6.45) is 10.9. The van der Waals surface area contributed by atoms with Gasteiger partial charge in [-0.3, -0.25) is 0 Å². The van der Waals surface area contributed by atoms with E-state index >= 15 is 0 Å². The Kier molecular flexibility index (Phi) is 8.87. The van der Waals surface area contributed by atoms with E-state index in [2.05, 4.69) is 18.7 Å². The first-order valence-corrected chi connectivity index (χ1v) is 8.83. The first kappa shape index (κ1) is 19.0. The summed E-state index contributed by atoms with van der Waals surface area (Å²) in [5, 5.41) is 17.7. The molecule has 1 rings (SSSR count). The van der Waals surface area contributed by atoms with Gasteiger partial charge < -0.3 is 20.7 Å². The summed E-state index contributed by atoms with van der Waals surface area (Å²) in [5.74, 6) is 0. The molecule has 5 heteroatoms. The lowest BCUT2D eigenvalue weighted by Crippen LogP contribution is -2.41. The van der Waals surface area contributed by atoms with Crippen molar-refractivity contribution in [1.82, 2.24) is 4.90 Å². The van der Waals surface area contributed by atoms with Crippen LogP contribution in [0.1, 0.15) is 71.6 Å². The molecule has 0 aliphatic carbocycles. The predicted molar refractivity (Wildman–Crippen MR) is 90.2 cm³/mol. The Morgan fingerprint density at radius 2 is 2.00 bits per heavy atom. The van der Waals surface area contributed by atoms with Crippen LogP contribution < -0.4 is 5.73 Å². The van der Waals surface area contributed by atoms with Gasteiger partial charge in [0.05, 0.1) is 0 Å². The second kappa shape index (κ2) is 9.83. The van der Waals surface area contributed by atoms with Crippen molar-refractivity contribution in [3.05, 3.63) is 0 Å². The standard InChI is InChI=1S/C16H35BN2O2/c1-3-4-8-15-9-7-13-19(15)14-11-16(2,18)10-5-6-12-17(20)21/h15,20-21H,3-14,18H2,1-2H3/t15-,16?/m0/s1. The molecule has 1 heterocycles. The second-order valence-electron chi connectivity index (χ2n) is 7.10. The minimum atomic E-state index is -1.17. The van der Waals surface area contributed by atoms with Gasteiger partial charge in [0.2, 0.25) is 0 Å². The normalized spacial score (nSPS) is 22.4. The van der Waals surface area contributed by atoms with Crippen LogP contribution in [0.5, 0.6) is 0 Å². The molecule has 124 valence electrons. The molecule has 0 radical (unpaired) electrons. The van der Waals surface area contributed by atoms with Gasteiger partial charge in [0.25, 0.3) is 0 Å². The third kappa shape index (κ3) is 8.19. The van der Waals surface area contributed by atoms with Crippen LogP contribution in [0, 0.1) is 0 Å². The number of unbranched alkanes of at least 4 members (excludes halogenated alkanes) is 2. The Balaban J connectivity index is 2.21. The zero-order chi connectivity index (χ0) is 15.7. The summed E-state index contributed by atoms with van der Waals surface area (Å²) in [6.45, 7) is 6.75. The SMILES string of the molecule is CCCC[C@H]1CCCN1CCC(C)(N)CCCCB(O)O. The summed E-state index contributed by atoms with van der Waals surface area (Å²) in [6, 6.07) is 0.783. The highest BCUT2D eigenvalue weighted by molar-refractivity contribution is 6.40. The molecule has 0 saturated carbocycles. The van der Waals surface area contributed by atoms with E-state index in [0.29, 0.717) is 6.32 Å². The Morgan fingerprint density at radius 3 is 2.67 bits per heavy atom. The van der Waals surface area contributed by atoms with Crippen LogP contribution in [0.2, 0.25) is 6.32 Å². The van der Waals surface area contributed by atoms with Gasteiger partial charge in [-0.15, -0.1) is 0 Å². The minimum Gasteiger partial charge on any atom is -0.427 e. The fourth-order valence-corrected chi connectivity index (χ4v) is 3.34. The molecule has 1 aliphatic rings. The molecule has 0 aromatic rings. The van der Waals surface area contributed by atoms with Crippen molar-refractivity contribution in [3.8, 4) is 0 Å². The van der Waals surface area contributed by atoms with E-state index in [1.165, 1.54) is 38.6 Å². The van der Waals surface area contributed by atoms with Gasteiger partial charge >= 0.3 is 7.12 Å². The molecule has 0 spiro atoms. The quantitative estimate of drug-likeness (QED) is 0.405. The van der Waals surface area contributed by atoms with Crippen LogP contribution in [0.15, 0.2) is 0 Å². The maximum atomic E-state index is 8.85. The molecule has 21 heavy (non-hydrogen) atoms. The highest BCUT2D eigenvalue weighted by atomic mass is 16.4. The second-order valence-corrected chi connectivity index (χ2v) is 7.10. The van der Waals surface area contributed by atoms with Gasteiger partial charge in [-0.25, -0.2) is 0 Å². The Hall–Kier alpha value is -0.0951. The van der Waals surface area contributed by atoms with E-state index in [1.54, 1.807) is 0 Å². The Morgan fingerprint density at radius 1 is 1.24 bits per heavy atom. The number of hydrogen-bond acceptors (Lipinski definition) is 4. The summed E-state index contributed by atoms with van der Waals surface area (Å²) in [4.78, 5) is 2.64. The van der Waals surface area contributed by atoms with Crippen molar-refractivity contribution in [1.29, 1.82) is 0 Å². The average molecular weight is 298 g/mol. The fraction of sp³-hybridized carbons (Fsp3) is 1.00. The first-order chi connectivity index (χ1) is 9.94. The van der Waals surface area contributed by atoms with Crippen molar-refractivity contribution in [3.63, 3.8) is 0 Å². The highest BCUT2D eigenvalue weighted by Gasteiger charge is 2.26. The van der Waals surface area contributed by atoms with Crippen molar-refractivity contribution in [2.75, 3.05) is 13.1 Å². The fourth-order valence-electron chi connectivity index (χ4n) is 3.34. The number of rotatable bonds is 11. The number of likely N-dealkylation sites (tertiary alicyclic amines) is 1. The minimum absolute atomic E-state index is 0.127. The molecule has 0 aromatic carbocycles. The van der Waals surface area contributed by atoms with E-state index in [1.807, 2.05) is 0 Å². The largest absolute Gasteiger partial charge is 0.451 e. The van der Waals surface area contributed by atoms with Crippen molar-refractivity contribution in [2.24, 2.45) is 5.73 Å². The molecule has 4 N–H and O–H groups in total. The third-order valence-corrected chi connectivity index (χ3v) is 4.82. The van der Waals surface area contributed by atoms with E-state index in [0.717, 1.165) is 38.3 Å². The van der Waals surface area contributed by atoms with Crippen molar-refractivity contribution in [2.45, 2.75) is 89.5 Å². The average Bonchev–Trinajstić information content (AvgIpc) is 2.86. The van der Waals surface area contributed by atoms with Gasteiger partial charge in [0.15, 0.2) is 0 Å². The smallest absolute Gasteiger partial charge is 0.427 e. The Labute approximate surface area is 131 Å². The molecule has 1 saturated heterocycles. The van der Waals surface area contributed by atoms with Crippen LogP contribution in [0.4, 0.5) is 0 Å². The van der Waals surface area contributed by atoms with Gasteiger partial charge in [-0.2, -0.15) is 0 Å². The third-order valence-electron chi connectivity index (χ3n) is 4.82. The lowest BCUT2D eigenvalue weighted by molar-refractivity contribution is 0.212. The molecule has 0 bridgehead atoms. The molecule has 0 amide bonds. The summed E-state index contributed by atoms with van der Waals surface area (Å²) in [7, 11) is -1.17. The lowest BCUT2D eigenvalue weighted by Gasteiger charge is -2.30. The summed E-state index contributed by atoms with van der Waals surface area (Å²) >= 11 is 0. The van der Waals surface area contributed by atoms with E-state index in [9.17, 15) is 0 Å². The molecule has 4 nitrogen and oxygen atoms in total. The molecule has 1 fully saturated rings.